The van der Waals surface area contributed by atoms with Crippen LogP contribution in [-0.2, 0) is 9.84 Å². The maximum atomic E-state index is 11.7. The van der Waals surface area contributed by atoms with E-state index in [-0.39, 0.29) is 17.9 Å². The van der Waals surface area contributed by atoms with Crippen molar-refractivity contribution >= 4 is 9.84 Å². The van der Waals surface area contributed by atoms with Gasteiger partial charge < -0.3 is 14.6 Å². The van der Waals surface area contributed by atoms with Gasteiger partial charge in [0.2, 0.25) is 0 Å². The van der Waals surface area contributed by atoms with Crippen LogP contribution in [-0.4, -0.2) is 39.2 Å². The Hall–Kier alpha value is -1.78. The maximum Gasteiger partial charge on any atom is 0.152 e. The van der Waals surface area contributed by atoms with Crippen molar-refractivity contribution in [3.63, 3.8) is 0 Å². The number of benzene rings is 1. The number of nitrogens with zero attached hydrogens (tertiary/aromatic N) is 1. The second-order valence-corrected chi connectivity index (χ2v) is 7.34. The van der Waals surface area contributed by atoms with Gasteiger partial charge in [0.15, 0.2) is 9.84 Å². The number of sulfone groups is 1. The zero-order valence-corrected chi connectivity index (χ0v) is 12.7. The SMILES string of the molecule is COc1cc(OC)cc(C(O)C2(C#N)CCS(=O)(=O)C2)c1. The van der Waals surface area contributed by atoms with Gasteiger partial charge in [-0.05, 0) is 24.1 Å². The third kappa shape index (κ3) is 2.96. The maximum absolute atomic E-state index is 11.7. The fraction of sp³-hybridized carbons (Fsp3) is 0.500. The smallest absolute Gasteiger partial charge is 0.152 e. The highest BCUT2D eigenvalue weighted by Crippen LogP contribution is 2.44. The molecule has 1 aromatic carbocycles. The molecule has 0 spiro atoms. The topological polar surface area (TPSA) is 96.6 Å². The van der Waals surface area contributed by atoms with E-state index in [9.17, 15) is 18.8 Å². The van der Waals surface area contributed by atoms with Crippen LogP contribution in [0.5, 0.6) is 11.5 Å². The Kier molecular flexibility index (Phi) is 4.12. The summed E-state index contributed by atoms with van der Waals surface area (Å²) in [4.78, 5) is 0. The average Bonchev–Trinajstić information content (AvgIpc) is 2.82. The Balaban J connectivity index is 2.44. The van der Waals surface area contributed by atoms with Crippen LogP contribution in [0.3, 0.4) is 0 Å². The van der Waals surface area contributed by atoms with Crippen molar-refractivity contribution in [1.82, 2.24) is 0 Å². The van der Waals surface area contributed by atoms with Crippen LogP contribution in [0.25, 0.3) is 0 Å². The summed E-state index contributed by atoms with van der Waals surface area (Å²) in [6.45, 7) is 0. The van der Waals surface area contributed by atoms with Crippen molar-refractivity contribution in [2.24, 2.45) is 5.41 Å². The molecule has 1 N–H and O–H groups in total. The highest BCUT2D eigenvalue weighted by Gasteiger charge is 2.48. The lowest BCUT2D eigenvalue weighted by Gasteiger charge is -2.26. The fourth-order valence-corrected chi connectivity index (χ4v) is 4.52. The van der Waals surface area contributed by atoms with Gasteiger partial charge in [-0.25, -0.2) is 8.42 Å². The lowest BCUT2D eigenvalue weighted by Crippen LogP contribution is -2.28. The van der Waals surface area contributed by atoms with E-state index < -0.39 is 21.4 Å². The average molecular weight is 311 g/mol. The van der Waals surface area contributed by atoms with Crippen LogP contribution in [0.1, 0.15) is 18.1 Å². The molecule has 21 heavy (non-hydrogen) atoms. The number of hydrogen-bond acceptors (Lipinski definition) is 6. The predicted molar refractivity (Wildman–Crippen MR) is 75.8 cm³/mol. The molecule has 0 aromatic heterocycles. The highest BCUT2D eigenvalue weighted by molar-refractivity contribution is 7.91. The minimum Gasteiger partial charge on any atom is -0.497 e. The van der Waals surface area contributed by atoms with Crippen LogP contribution < -0.4 is 9.47 Å². The first-order chi connectivity index (χ1) is 9.85. The molecule has 1 fully saturated rings. The first-order valence-electron chi connectivity index (χ1n) is 6.38. The van der Waals surface area contributed by atoms with Crippen molar-refractivity contribution in [2.45, 2.75) is 12.5 Å². The summed E-state index contributed by atoms with van der Waals surface area (Å²) in [7, 11) is -0.341. The van der Waals surface area contributed by atoms with E-state index in [0.29, 0.717) is 17.1 Å². The molecule has 0 amide bonds. The number of rotatable bonds is 4. The molecule has 2 atom stereocenters. The standard InChI is InChI=1S/C14H17NO5S/c1-19-11-5-10(6-12(7-11)20-2)13(16)14(8-15)3-4-21(17,18)9-14/h5-7,13,16H,3-4,9H2,1-2H3. The van der Waals surface area contributed by atoms with E-state index in [1.54, 1.807) is 18.2 Å². The van der Waals surface area contributed by atoms with Gasteiger partial charge in [-0.1, -0.05) is 0 Å². The minimum atomic E-state index is -3.30. The quantitative estimate of drug-likeness (QED) is 0.893. The first-order valence-corrected chi connectivity index (χ1v) is 8.21. The molecule has 2 rings (SSSR count). The van der Waals surface area contributed by atoms with Crippen molar-refractivity contribution in [3.8, 4) is 17.6 Å². The van der Waals surface area contributed by atoms with Crippen LogP contribution in [0, 0.1) is 16.7 Å². The van der Waals surface area contributed by atoms with Gasteiger partial charge in [0.05, 0.1) is 37.9 Å². The molecule has 0 bridgehead atoms. The van der Waals surface area contributed by atoms with E-state index >= 15 is 0 Å². The Morgan fingerprint density at radius 3 is 2.24 bits per heavy atom. The summed E-state index contributed by atoms with van der Waals surface area (Å²) in [5.74, 6) is 0.519. The van der Waals surface area contributed by atoms with E-state index in [4.69, 9.17) is 9.47 Å². The molecule has 6 nitrogen and oxygen atoms in total. The van der Waals surface area contributed by atoms with E-state index in [1.165, 1.54) is 14.2 Å². The summed E-state index contributed by atoms with van der Waals surface area (Å²) in [6.07, 6.45) is -1.10. The summed E-state index contributed by atoms with van der Waals surface area (Å²) in [5.41, 5.74) is -0.916. The molecule has 1 aromatic rings. The number of hydrogen-bond donors (Lipinski definition) is 1. The molecular weight excluding hydrogens is 294 g/mol. The van der Waals surface area contributed by atoms with Gasteiger partial charge in [-0.15, -0.1) is 0 Å². The molecule has 1 heterocycles. The molecule has 0 aliphatic carbocycles. The Morgan fingerprint density at radius 1 is 1.29 bits per heavy atom. The zero-order valence-electron chi connectivity index (χ0n) is 11.9. The second kappa shape index (κ2) is 5.54. The van der Waals surface area contributed by atoms with Gasteiger partial charge in [0.25, 0.3) is 0 Å². The third-order valence-electron chi connectivity index (χ3n) is 3.77. The van der Waals surface area contributed by atoms with Gasteiger partial charge >= 0.3 is 0 Å². The monoisotopic (exact) mass is 311 g/mol. The molecule has 0 saturated carbocycles. The lowest BCUT2D eigenvalue weighted by molar-refractivity contribution is 0.0789. The van der Waals surface area contributed by atoms with E-state index in [0.717, 1.165) is 0 Å². The number of aliphatic hydroxyl groups excluding tert-OH is 1. The highest BCUT2D eigenvalue weighted by atomic mass is 32.2. The fourth-order valence-electron chi connectivity index (χ4n) is 2.55. The van der Waals surface area contributed by atoms with Gasteiger partial charge in [-0.3, -0.25) is 0 Å². The number of nitriles is 1. The van der Waals surface area contributed by atoms with Gasteiger partial charge in [-0.2, -0.15) is 5.26 Å². The lowest BCUT2D eigenvalue weighted by atomic mass is 9.80. The van der Waals surface area contributed by atoms with E-state index in [2.05, 4.69) is 0 Å². The van der Waals surface area contributed by atoms with Crippen molar-refractivity contribution in [1.29, 1.82) is 5.26 Å². The first kappa shape index (κ1) is 15.6. The molecule has 1 aliphatic rings. The van der Waals surface area contributed by atoms with Crippen LogP contribution >= 0.6 is 0 Å². The number of methoxy groups -OCH3 is 2. The zero-order chi connectivity index (χ0) is 15.7. The molecular formula is C14H17NO5S. The van der Waals surface area contributed by atoms with Crippen LogP contribution in [0.4, 0.5) is 0 Å². The number of ether oxygens (including phenoxy) is 2. The van der Waals surface area contributed by atoms with Crippen molar-refractivity contribution < 1.29 is 23.0 Å². The van der Waals surface area contributed by atoms with Gasteiger partial charge in [0.1, 0.15) is 16.9 Å². The predicted octanol–water partition coefficient (Wildman–Crippen LogP) is 1.07. The molecule has 0 radical (unpaired) electrons. The van der Waals surface area contributed by atoms with Crippen molar-refractivity contribution in [3.05, 3.63) is 23.8 Å². The summed E-state index contributed by atoms with van der Waals surface area (Å²) < 4.78 is 33.6. The summed E-state index contributed by atoms with van der Waals surface area (Å²) in [6, 6.07) is 6.80. The largest absolute Gasteiger partial charge is 0.497 e. The molecule has 1 saturated heterocycles. The van der Waals surface area contributed by atoms with Gasteiger partial charge in [0, 0.05) is 6.07 Å². The van der Waals surface area contributed by atoms with Crippen molar-refractivity contribution in [2.75, 3.05) is 25.7 Å². The summed E-state index contributed by atoms with van der Waals surface area (Å²) in [5, 5.41) is 19.9. The molecule has 7 heteroatoms. The van der Waals surface area contributed by atoms with Crippen LogP contribution in [0.15, 0.2) is 18.2 Å². The second-order valence-electron chi connectivity index (χ2n) is 5.16. The van der Waals surface area contributed by atoms with Crippen LogP contribution in [0.2, 0.25) is 0 Å². The van der Waals surface area contributed by atoms with E-state index in [1.807, 2.05) is 6.07 Å². The Morgan fingerprint density at radius 2 is 1.86 bits per heavy atom. The summed E-state index contributed by atoms with van der Waals surface area (Å²) >= 11 is 0. The third-order valence-corrected chi connectivity index (χ3v) is 5.55. The Bertz CT molecular complexity index is 657. The molecule has 2 unspecified atom stereocenters. The normalized spacial score (nSPS) is 25.0. The number of aliphatic hydroxyl groups is 1. The molecule has 1 aliphatic heterocycles. The minimum absolute atomic E-state index is 0.0846. The Labute approximate surface area is 123 Å². The molecule has 114 valence electrons.